The molecule has 1 fully saturated rings. The van der Waals surface area contributed by atoms with E-state index in [0.29, 0.717) is 23.4 Å². The van der Waals surface area contributed by atoms with Crippen molar-refractivity contribution in [3.05, 3.63) is 65.5 Å². The first kappa shape index (κ1) is 14.2. The summed E-state index contributed by atoms with van der Waals surface area (Å²) in [6, 6.07) is 14.8. The summed E-state index contributed by atoms with van der Waals surface area (Å²) in [5.74, 6) is 0.123. The van der Waals surface area contributed by atoms with Crippen LogP contribution < -0.4 is 5.32 Å². The van der Waals surface area contributed by atoms with Crippen LogP contribution in [0.1, 0.15) is 23.4 Å². The largest absolute Gasteiger partial charge is 0.439 e. The predicted octanol–water partition coefficient (Wildman–Crippen LogP) is 2.72. The topological polar surface area (TPSA) is 75.4 Å². The highest BCUT2D eigenvalue weighted by molar-refractivity contribution is 6.08. The first-order valence-electron chi connectivity index (χ1n) is 8.24. The molecular weight excluding hydrogens is 318 g/mol. The number of urea groups is 1. The second-order valence-corrected chi connectivity index (χ2v) is 6.46. The third kappa shape index (κ3) is 1.94. The number of carbonyl (C=O) groups excluding carboxylic acids is 2. The summed E-state index contributed by atoms with van der Waals surface area (Å²) in [4.78, 5) is 31.2. The highest BCUT2D eigenvalue weighted by Crippen LogP contribution is 2.41. The van der Waals surface area contributed by atoms with Crippen molar-refractivity contribution in [1.29, 1.82) is 0 Å². The van der Waals surface area contributed by atoms with Gasteiger partial charge in [-0.05, 0) is 36.1 Å². The van der Waals surface area contributed by atoms with Gasteiger partial charge in [-0.1, -0.05) is 36.4 Å². The summed E-state index contributed by atoms with van der Waals surface area (Å²) >= 11 is 0. The quantitative estimate of drug-likeness (QED) is 0.732. The lowest BCUT2D eigenvalue weighted by Gasteiger charge is -2.22. The number of benzene rings is 2. The Balaban J connectivity index is 1.49. The zero-order chi connectivity index (χ0) is 17.0. The fraction of sp³-hybridized carbons (Fsp3) is 0.211. The Morgan fingerprint density at radius 2 is 1.92 bits per heavy atom. The summed E-state index contributed by atoms with van der Waals surface area (Å²) < 4.78 is 5.66. The lowest BCUT2D eigenvalue weighted by Crippen LogP contribution is -2.41. The molecule has 6 heteroatoms. The van der Waals surface area contributed by atoms with Gasteiger partial charge in [0.1, 0.15) is 17.6 Å². The first-order chi connectivity index (χ1) is 12.2. The van der Waals surface area contributed by atoms with Gasteiger partial charge in [0.2, 0.25) is 5.89 Å². The van der Waals surface area contributed by atoms with Crippen LogP contribution in [-0.2, 0) is 23.3 Å². The summed E-state index contributed by atoms with van der Waals surface area (Å²) in [5, 5.41) is 2.91. The second-order valence-electron chi connectivity index (χ2n) is 6.46. The molecule has 1 aliphatic carbocycles. The molecule has 0 unspecified atom stereocenters. The molecule has 3 amide bonds. The minimum Gasteiger partial charge on any atom is -0.439 e. The van der Waals surface area contributed by atoms with E-state index in [1.807, 2.05) is 48.5 Å². The van der Waals surface area contributed by atoms with Gasteiger partial charge in [-0.15, -0.1) is 0 Å². The number of amides is 3. The first-order valence-corrected chi connectivity index (χ1v) is 8.24. The van der Waals surface area contributed by atoms with Gasteiger partial charge >= 0.3 is 6.03 Å². The molecule has 1 aromatic heterocycles. The molecule has 1 atom stereocenters. The molecule has 5 rings (SSSR count). The Hall–Kier alpha value is -3.15. The van der Waals surface area contributed by atoms with Gasteiger partial charge in [0.05, 0.1) is 0 Å². The van der Waals surface area contributed by atoms with Gasteiger partial charge in [0, 0.05) is 0 Å². The third-order valence-electron chi connectivity index (χ3n) is 5.05. The Kier molecular flexibility index (Phi) is 2.80. The maximum Gasteiger partial charge on any atom is 0.325 e. The molecule has 0 bridgehead atoms. The van der Waals surface area contributed by atoms with Gasteiger partial charge in [-0.2, -0.15) is 0 Å². The van der Waals surface area contributed by atoms with Gasteiger partial charge in [-0.25, -0.2) is 9.78 Å². The number of aryl methyl sites for hydroxylation is 1. The minimum absolute atomic E-state index is 0.0310. The predicted molar refractivity (Wildman–Crippen MR) is 89.5 cm³/mol. The SMILES string of the molecule is O=C1N[C@@]2(CCc3ccccc32)C(=O)N1Cc1nc2ccccc2o1. The molecule has 2 heterocycles. The summed E-state index contributed by atoms with van der Waals surface area (Å²) in [5.41, 5.74) is 2.42. The molecule has 0 radical (unpaired) electrons. The number of para-hydroxylation sites is 2. The Bertz CT molecular complexity index is 992. The van der Waals surface area contributed by atoms with E-state index in [1.165, 1.54) is 4.90 Å². The highest BCUT2D eigenvalue weighted by atomic mass is 16.3. The number of hydrogen-bond acceptors (Lipinski definition) is 4. The second kappa shape index (κ2) is 4.92. The Morgan fingerprint density at radius 3 is 2.80 bits per heavy atom. The summed E-state index contributed by atoms with van der Waals surface area (Å²) in [6.07, 6.45) is 1.36. The molecule has 3 aromatic rings. The van der Waals surface area contributed by atoms with E-state index < -0.39 is 11.6 Å². The molecule has 25 heavy (non-hydrogen) atoms. The van der Waals surface area contributed by atoms with Crippen LogP contribution in [0, 0.1) is 0 Å². The van der Waals surface area contributed by atoms with Crippen LogP contribution in [0.15, 0.2) is 52.9 Å². The van der Waals surface area contributed by atoms with Gasteiger partial charge in [0.15, 0.2) is 5.58 Å². The lowest BCUT2D eigenvalue weighted by molar-refractivity contribution is -0.132. The molecule has 124 valence electrons. The standard InChI is InChI=1S/C19H15N3O3/c23-17-19(10-9-12-5-1-2-6-13(12)19)21-18(24)22(17)11-16-20-14-7-3-4-8-15(14)25-16/h1-8H,9-11H2,(H,21,24)/t19-/m1/s1. The van der Waals surface area contributed by atoms with Gasteiger partial charge in [-0.3, -0.25) is 9.69 Å². The molecule has 6 nitrogen and oxygen atoms in total. The van der Waals surface area contributed by atoms with E-state index >= 15 is 0 Å². The van der Waals surface area contributed by atoms with Crippen molar-refractivity contribution in [3.63, 3.8) is 0 Å². The molecule has 2 aliphatic rings. The number of aromatic nitrogens is 1. The number of hydrogen-bond donors (Lipinski definition) is 1. The molecule has 1 saturated heterocycles. The Labute approximate surface area is 143 Å². The van der Waals surface area contributed by atoms with Crippen molar-refractivity contribution in [2.45, 2.75) is 24.9 Å². The Morgan fingerprint density at radius 1 is 1.12 bits per heavy atom. The van der Waals surface area contributed by atoms with Crippen molar-refractivity contribution in [3.8, 4) is 0 Å². The van der Waals surface area contributed by atoms with Crippen molar-refractivity contribution >= 4 is 23.0 Å². The fourth-order valence-corrected chi connectivity index (χ4v) is 3.86. The maximum absolute atomic E-state index is 13.1. The van der Waals surface area contributed by atoms with Crippen LogP contribution in [0.2, 0.25) is 0 Å². The van der Waals surface area contributed by atoms with Gasteiger partial charge < -0.3 is 9.73 Å². The van der Waals surface area contributed by atoms with E-state index in [4.69, 9.17) is 4.42 Å². The van der Waals surface area contributed by atoms with Crippen molar-refractivity contribution < 1.29 is 14.0 Å². The van der Waals surface area contributed by atoms with Crippen molar-refractivity contribution in [2.24, 2.45) is 0 Å². The van der Waals surface area contributed by atoms with Crippen LogP contribution in [-0.4, -0.2) is 21.8 Å². The lowest BCUT2D eigenvalue weighted by atomic mass is 9.92. The van der Waals surface area contributed by atoms with E-state index in [0.717, 1.165) is 17.5 Å². The number of imide groups is 1. The minimum atomic E-state index is -0.945. The van der Waals surface area contributed by atoms with E-state index in [-0.39, 0.29) is 12.5 Å². The number of fused-ring (bicyclic) bond motifs is 3. The molecule has 0 saturated carbocycles. The zero-order valence-electron chi connectivity index (χ0n) is 13.4. The molecule has 1 aliphatic heterocycles. The normalized spacial score (nSPS) is 22.0. The van der Waals surface area contributed by atoms with Gasteiger partial charge in [0.25, 0.3) is 5.91 Å². The molecular formula is C19H15N3O3. The molecule has 1 N–H and O–H groups in total. The van der Waals surface area contributed by atoms with Crippen molar-refractivity contribution in [2.75, 3.05) is 0 Å². The van der Waals surface area contributed by atoms with Crippen LogP contribution in [0.3, 0.4) is 0 Å². The number of carbonyl (C=O) groups is 2. The van der Waals surface area contributed by atoms with Crippen LogP contribution in [0.5, 0.6) is 0 Å². The van der Waals surface area contributed by atoms with Crippen LogP contribution in [0.25, 0.3) is 11.1 Å². The van der Waals surface area contributed by atoms with Crippen LogP contribution >= 0.6 is 0 Å². The average molecular weight is 333 g/mol. The zero-order valence-corrected chi connectivity index (χ0v) is 13.4. The average Bonchev–Trinajstić information content (AvgIpc) is 3.27. The number of rotatable bonds is 2. The maximum atomic E-state index is 13.1. The molecule has 1 spiro atoms. The van der Waals surface area contributed by atoms with Crippen molar-refractivity contribution in [1.82, 2.24) is 15.2 Å². The number of nitrogens with zero attached hydrogens (tertiary/aromatic N) is 2. The number of nitrogens with one attached hydrogen (secondary N) is 1. The summed E-state index contributed by atoms with van der Waals surface area (Å²) in [6.45, 7) is 0.0310. The summed E-state index contributed by atoms with van der Waals surface area (Å²) in [7, 11) is 0. The van der Waals surface area contributed by atoms with E-state index in [2.05, 4.69) is 10.3 Å². The molecule has 2 aromatic carbocycles. The van der Waals surface area contributed by atoms with E-state index in [9.17, 15) is 9.59 Å². The van der Waals surface area contributed by atoms with E-state index in [1.54, 1.807) is 0 Å². The third-order valence-corrected chi connectivity index (χ3v) is 5.05. The smallest absolute Gasteiger partial charge is 0.325 e. The van der Waals surface area contributed by atoms with Crippen LogP contribution in [0.4, 0.5) is 4.79 Å². The fourth-order valence-electron chi connectivity index (χ4n) is 3.86. The number of oxazole rings is 1. The highest BCUT2D eigenvalue weighted by Gasteiger charge is 2.55. The monoisotopic (exact) mass is 333 g/mol.